The number of allylic oxidation sites excluding steroid dienone is 1. The summed E-state index contributed by atoms with van der Waals surface area (Å²) in [6, 6.07) is 13.0. The molecule has 0 aliphatic heterocycles. The first-order chi connectivity index (χ1) is 6.86. The summed E-state index contributed by atoms with van der Waals surface area (Å²) in [6.07, 6.45) is 4.42. The van der Waals surface area contributed by atoms with Crippen LogP contribution in [0.25, 0.3) is 16.8 Å². The van der Waals surface area contributed by atoms with Crippen LogP contribution in [0, 0.1) is 0 Å². The molecular weight excluding hydrogens is 235 g/mol. The van der Waals surface area contributed by atoms with Crippen molar-refractivity contribution in [3.8, 4) is 0 Å². The summed E-state index contributed by atoms with van der Waals surface area (Å²) in [4.78, 5) is 0.425. The monoisotopic (exact) mass is 245 g/mol. The molecule has 0 bridgehead atoms. The van der Waals surface area contributed by atoms with Crippen LogP contribution in [0.5, 0.6) is 0 Å². The third-order valence-corrected chi connectivity index (χ3v) is 3.59. The quantitative estimate of drug-likeness (QED) is 0.625. The molecule has 67 valence electrons. The summed E-state index contributed by atoms with van der Waals surface area (Å²) in [5, 5.41) is 2.74. The molecule has 1 aliphatic carbocycles. The van der Waals surface area contributed by atoms with Crippen molar-refractivity contribution >= 4 is 32.9 Å². The average Bonchev–Trinajstić information content (AvgIpc) is 2.24. The first-order valence-corrected chi connectivity index (χ1v) is 5.71. The molecular formula is C13H9Se. The summed E-state index contributed by atoms with van der Waals surface area (Å²) in [7, 11) is 0. The van der Waals surface area contributed by atoms with Crippen LogP contribution in [0.1, 0.15) is 15.9 Å². The van der Waals surface area contributed by atoms with Gasteiger partial charge in [0.2, 0.25) is 0 Å². The molecule has 1 aliphatic rings. The van der Waals surface area contributed by atoms with Gasteiger partial charge in [-0.25, -0.2) is 0 Å². The molecule has 0 saturated carbocycles. The zero-order valence-corrected chi connectivity index (χ0v) is 9.32. The molecule has 0 amide bonds. The molecule has 0 fully saturated rings. The Hall–Kier alpha value is -1.04. The second-order valence-corrected chi connectivity index (χ2v) is 4.64. The molecule has 0 heterocycles. The minimum absolute atomic E-state index is 0.425. The number of hydrogen-bond acceptors (Lipinski definition) is 0. The van der Waals surface area contributed by atoms with Gasteiger partial charge in [0.15, 0.2) is 0 Å². The second-order valence-electron chi connectivity index (χ2n) is 3.57. The van der Waals surface area contributed by atoms with Gasteiger partial charge in [0, 0.05) is 0 Å². The minimum atomic E-state index is 0.425. The molecule has 0 spiro atoms. The maximum atomic E-state index is 3.19. The van der Waals surface area contributed by atoms with Gasteiger partial charge in [-0.1, -0.05) is 0 Å². The van der Waals surface area contributed by atoms with Gasteiger partial charge in [-0.3, -0.25) is 0 Å². The van der Waals surface area contributed by atoms with Gasteiger partial charge in [-0.15, -0.1) is 0 Å². The Bertz CT molecular complexity index is 520. The van der Waals surface area contributed by atoms with Crippen molar-refractivity contribution in [2.24, 2.45) is 0 Å². The zero-order valence-electron chi connectivity index (χ0n) is 7.60. The Morgan fingerprint density at radius 2 is 1.79 bits per heavy atom. The summed E-state index contributed by atoms with van der Waals surface area (Å²) in [5.74, 6) is 0. The van der Waals surface area contributed by atoms with Crippen LogP contribution in [0.4, 0.5) is 0 Å². The van der Waals surface area contributed by atoms with Gasteiger partial charge in [0.25, 0.3) is 0 Å². The SMILES string of the molecule is [Se]C1C=Cc2cccc3cccc1c23. The standard InChI is InChI=1S/C13H9Se/c14-12-8-7-10-4-1-3-9-5-2-6-11(12)13(9)10/h1-8,12H. The predicted molar refractivity (Wildman–Crippen MR) is 61.5 cm³/mol. The van der Waals surface area contributed by atoms with Crippen LogP contribution >= 0.6 is 0 Å². The van der Waals surface area contributed by atoms with Crippen LogP contribution in [0.15, 0.2) is 42.5 Å². The third kappa shape index (κ3) is 1.06. The van der Waals surface area contributed by atoms with Crippen LogP contribution in [0.2, 0.25) is 0 Å². The van der Waals surface area contributed by atoms with Crippen molar-refractivity contribution in [1.82, 2.24) is 0 Å². The fourth-order valence-electron chi connectivity index (χ4n) is 2.07. The number of hydrogen-bond donors (Lipinski definition) is 0. The average molecular weight is 244 g/mol. The molecule has 1 atom stereocenters. The van der Waals surface area contributed by atoms with Gasteiger partial charge in [0.05, 0.1) is 0 Å². The fraction of sp³-hybridized carbons (Fsp3) is 0.0769. The van der Waals surface area contributed by atoms with Crippen LogP contribution in [0.3, 0.4) is 0 Å². The molecule has 14 heavy (non-hydrogen) atoms. The van der Waals surface area contributed by atoms with Crippen molar-refractivity contribution in [3.63, 3.8) is 0 Å². The summed E-state index contributed by atoms with van der Waals surface area (Å²) >= 11 is 3.19. The number of benzene rings is 2. The van der Waals surface area contributed by atoms with Crippen LogP contribution in [-0.4, -0.2) is 16.0 Å². The van der Waals surface area contributed by atoms with Crippen molar-refractivity contribution in [2.45, 2.75) is 4.82 Å². The van der Waals surface area contributed by atoms with E-state index in [-0.39, 0.29) is 0 Å². The Morgan fingerprint density at radius 1 is 1.00 bits per heavy atom. The van der Waals surface area contributed by atoms with Gasteiger partial charge in [-0.05, 0) is 0 Å². The summed E-state index contributed by atoms with van der Waals surface area (Å²) in [5.41, 5.74) is 2.74. The first kappa shape index (κ1) is 8.28. The number of rotatable bonds is 0. The zero-order chi connectivity index (χ0) is 9.54. The molecule has 0 N–H and O–H groups in total. The molecule has 0 aromatic heterocycles. The van der Waals surface area contributed by atoms with Crippen molar-refractivity contribution in [3.05, 3.63) is 53.6 Å². The molecule has 0 saturated heterocycles. The van der Waals surface area contributed by atoms with E-state index in [9.17, 15) is 0 Å². The van der Waals surface area contributed by atoms with E-state index in [1.807, 2.05) is 0 Å². The van der Waals surface area contributed by atoms with Crippen molar-refractivity contribution < 1.29 is 0 Å². The Labute approximate surface area is 91.4 Å². The Balaban J connectivity index is 2.52. The van der Waals surface area contributed by atoms with E-state index in [0.29, 0.717) is 4.82 Å². The van der Waals surface area contributed by atoms with E-state index in [1.54, 1.807) is 0 Å². The van der Waals surface area contributed by atoms with Gasteiger partial charge >= 0.3 is 91.3 Å². The van der Waals surface area contributed by atoms with Crippen LogP contribution in [-0.2, 0) is 0 Å². The third-order valence-electron chi connectivity index (χ3n) is 2.73. The normalized spacial score (nSPS) is 18.8. The first-order valence-electron chi connectivity index (χ1n) is 4.72. The summed E-state index contributed by atoms with van der Waals surface area (Å²) in [6.45, 7) is 0. The summed E-state index contributed by atoms with van der Waals surface area (Å²) < 4.78 is 0. The molecule has 3 rings (SSSR count). The van der Waals surface area contributed by atoms with Crippen molar-refractivity contribution in [1.29, 1.82) is 0 Å². The Kier molecular flexibility index (Phi) is 1.76. The maximum absolute atomic E-state index is 3.19. The van der Waals surface area contributed by atoms with Crippen molar-refractivity contribution in [2.75, 3.05) is 0 Å². The van der Waals surface area contributed by atoms with Gasteiger partial charge in [0.1, 0.15) is 0 Å². The molecule has 1 heteroatoms. The topological polar surface area (TPSA) is 0 Å². The fourth-order valence-corrected chi connectivity index (χ4v) is 2.65. The Morgan fingerprint density at radius 3 is 2.64 bits per heavy atom. The van der Waals surface area contributed by atoms with Gasteiger partial charge < -0.3 is 0 Å². The molecule has 1 radical (unpaired) electrons. The van der Waals surface area contributed by atoms with E-state index in [4.69, 9.17) is 0 Å². The van der Waals surface area contributed by atoms with Crippen LogP contribution < -0.4 is 0 Å². The molecule has 2 aromatic carbocycles. The van der Waals surface area contributed by atoms with E-state index in [0.717, 1.165) is 0 Å². The van der Waals surface area contributed by atoms with E-state index in [1.165, 1.54) is 21.9 Å². The van der Waals surface area contributed by atoms with Gasteiger partial charge in [-0.2, -0.15) is 0 Å². The van der Waals surface area contributed by atoms with E-state index < -0.39 is 0 Å². The second kappa shape index (κ2) is 2.98. The predicted octanol–water partition coefficient (Wildman–Crippen LogP) is 3.08. The molecule has 1 unspecified atom stereocenters. The molecule has 0 nitrogen and oxygen atoms in total. The van der Waals surface area contributed by atoms with E-state index >= 15 is 0 Å². The molecule has 2 aromatic rings. The van der Waals surface area contributed by atoms with E-state index in [2.05, 4.69) is 64.6 Å².